The zero-order chi connectivity index (χ0) is 7.72. The van der Waals surface area contributed by atoms with E-state index in [0.29, 0.717) is 0 Å². The van der Waals surface area contributed by atoms with Crippen molar-refractivity contribution < 1.29 is 12.4 Å². The number of aryl methyl sites for hydroxylation is 2. The van der Waals surface area contributed by atoms with Crippen LogP contribution in [0.1, 0.15) is 22.3 Å². The topological polar surface area (TPSA) is 0 Å². The van der Waals surface area contributed by atoms with Gasteiger partial charge < -0.3 is 12.4 Å². The van der Waals surface area contributed by atoms with Gasteiger partial charge in [-0.15, -0.1) is 11.1 Å². The minimum Gasteiger partial charge on any atom is -1.00 e. The van der Waals surface area contributed by atoms with Crippen molar-refractivity contribution in [2.24, 2.45) is 0 Å². The van der Waals surface area contributed by atoms with Crippen molar-refractivity contribution in [1.82, 2.24) is 0 Å². The van der Waals surface area contributed by atoms with E-state index in [2.05, 4.69) is 39.8 Å². The molecule has 12 heavy (non-hydrogen) atoms. The molecule has 0 aliphatic heterocycles. The van der Waals surface area contributed by atoms with Gasteiger partial charge in [-0.2, -0.15) is 24.6 Å². The van der Waals surface area contributed by atoms with Crippen LogP contribution in [-0.2, 0) is 0 Å². The smallest absolute Gasteiger partial charge is 1.00 e. The Balaban J connectivity index is 0. The van der Waals surface area contributed by atoms with Gasteiger partial charge in [-0.3, -0.25) is 0 Å². The summed E-state index contributed by atoms with van der Waals surface area (Å²) in [6, 6.07) is 4.23. The molecule has 0 amide bonds. The van der Waals surface area contributed by atoms with Gasteiger partial charge in [-0.05, 0) is 6.92 Å². The summed E-state index contributed by atoms with van der Waals surface area (Å²) in [5.41, 5.74) is 5.17. The first-order chi connectivity index (χ1) is 4.61. The van der Waals surface area contributed by atoms with Crippen LogP contribution in [0.4, 0.5) is 0 Å². The molecule has 0 N–H and O–H groups in total. The summed E-state index contributed by atoms with van der Waals surface area (Å²) < 4.78 is 0. The molecule has 1 rings (SSSR count). The fourth-order valence-electron chi connectivity index (χ4n) is 1.13. The van der Waals surface area contributed by atoms with Crippen LogP contribution in [0.3, 0.4) is 0 Å². The molecule has 0 nitrogen and oxygen atoms in total. The molecular weight excluding hydrogens is 180 g/mol. The average molecular weight is 193 g/mol. The minimum atomic E-state index is 0. The largest absolute Gasteiger partial charge is 2.00 e. The van der Waals surface area contributed by atoms with E-state index in [9.17, 15) is 0 Å². The fourth-order valence-corrected chi connectivity index (χ4v) is 1.13. The summed E-state index contributed by atoms with van der Waals surface area (Å²) in [5.74, 6) is 0. The first-order valence-corrected chi connectivity index (χ1v) is 3.51. The van der Waals surface area contributed by atoms with Crippen molar-refractivity contribution >= 4 is 23.1 Å². The van der Waals surface area contributed by atoms with Crippen molar-refractivity contribution in [3.63, 3.8) is 0 Å². The number of rotatable bonds is 0. The van der Waals surface area contributed by atoms with Crippen LogP contribution in [0.2, 0.25) is 0 Å². The number of halogens is 1. The van der Waals surface area contributed by atoms with E-state index in [4.69, 9.17) is 0 Å². The summed E-state index contributed by atoms with van der Waals surface area (Å²) in [7, 11) is 0. The second-order valence-corrected chi connectivity index (χ2v) is 2.85. The van der Waals surface area contributed by atoms with Crippen LogP contribution in [0.15, 0.2) is 12.1 Å². The Morgan fingerprint density at radius 2 is 1.33 bits per heavy atom. The summed E-state index contributed by atoms with van der Waals surface area (Å²) in [6.07, 6.45) is 0. The fraction of sp³-hybridized carbons (Fsp3) is 0.300. The molecule has 1 aromatic rings. The average Bonchev–Trinajstić information content (AvgIpc) is 1.82. The normalized spacial score (nSPS) is 8.25. The van der Waals surface area contributed by atoms with Crippen LogP contribution in [-0.4, -0.2) is 23.1 Å². The molecule has 0 heterocycles. The van der Waals surface area contributed by atoms with Crippen LogP contribution in [0, 0.1) is 27.7 Å². The zero-order valence-electron chi connectivity index (χ0n) is 7.95. The van der Waals surface area contributed by atoms with E-state index in [1.54, 1.807) is 0 Å². The van der Waals surface area contributed by atoms with Crippen molar-refractivity contribution in [2.45, 2.75) is 20.8 Å². The Morgan fingerprint density at radius 3 is 1.67 bits per heavy atom. The second kappa shape index (κ2) is 5.73. The van der Waals surface area contributed by atoms with Gasteiger partial charge >= 0.3 is 23.1 Å². The quantitative estimate of drug-likeness (QED) is 0.382. The van der Waals surface area contributed by atoms with E-state index in [1.165, 1.54) is 16.7 Å². The number of benzene rings is 1. The molecule has 0 aliphatic rings. The Morgan fingerprint density at radius 1 is 1.00 bits per heavy atom. The maximum atomic E-state index is 3.88. The van der Waals surface area contributed by atoms with Crippen molar-refractivity contribution in [1.29, 1.82) is 0 Å². The third kappa shape index (κ3) is 3.26. The first-order valence-electron chi connectivity index (χ1n) is 3.51. The molecule has 1 aromatic carbocycles. The van der Waals surface area contributed by atoms with Gasteiger partial charge in [-0.25, -0.2) is 0 Å². The minimum absolute atomic E-state index is 0. The molecule has 2 heteroatoms. The molecule has 0 aromatic heterocycles. The van der Waals surface area contributed by atoms with E-state index < -0.39 is 0 Å². The summed E-state index contributed by atoms with van der Waals surface area (Å²) in [6.45, 7) is 10.3. The third-order valence-corrected chi connectivity index (χ3v) is 1.99. The predicted octanol–water partition coefficient (Wildman–Crippen LogP) is -0.583. The van der Waals surface area contributed by atoms with Gasteiger partial charge in [0.25, 0.3) is 0 Å². The predicted molar refractivity (Wildman–Crippen MR) is 50.9 cm³/mol. The van der Waals surface area contributed by atoms with E-state index in [-0.39, 0.29) is 35.5 Å². The second-order valence-electron chi connectivity index (χ2n) is 2.85. The van der Waals surface area contributed by atoms with Crippen molar-refractivity contribution in [3.05, 3.63) is 41.3 Å². The van der Waals surface area contributed by atoms with Crippen LogP contribution >= 0.6 is 0 Å². The molecule has 0 saturated heterocycles. The number of hydrogen-bond acceptors (Lipinski definition) is 0. The van der Waals surface area contributed by atoms with Gasteiger partial charge in [0, 0.05) is 0 Å². The standard InChI is InChI=1S/C10H13.ClH.Mg/c1-7-5-8(2)10(4)9(3)6-7;;/h5-6H,1H2,2-4H3;1H;/q-1;;+2/p-1. The molecule has 62 valence electrons. The summed E-state index contributed by atoms with van der Waals surface area (Å²) in [4.78, 5) is 0. The van der Waals surface area contributed by atoms with Crippen molar-refractivity contribution in [3.8, 4) is 0 Å². The molecule has 0 fully saturated rings. The van der Waals surface area contributed by atoms with E-state index >= 15 is 0 Å². The maximum absolute atomic E-state index is 3.88. The molecule has 0 unspecified atom stereocenters. The van der Waals surface area contributed by atoms with Gasteiger partial charge in [-0.1, -0.05) is 19.4 Å². The van der Waals surface area contributed by atoms with Crippen molar-refractivity contribution in [2.75, 3.05) is 0 Å². The first kappa shape index (κ1) is 14.7. The Hall–Kier alpha value is 0.146. The summed E-state index contributed by atoms with van der Waals surface area (Å²) >= 11 is 0. The molecule has 0 bridgehead atoms. The monoisotopic (exact) mass is 192 g/mol. The number of hydrogen-bond donors (Lipinski definition) is 0. The van der Waals surface area contributed by atoms with Crippen LogP contribution in [0.5, 0.6) is 0 Å². The molecule has 0 saturated carbocycles. The summed E-state index contributed by atoms with van der Waals surface area (Å²) in [5, 5.41) is 0. The molecule has 0 radical (unpaired) electrons. The maximum Gasteiger partial charge on any atom is 2.00 e. The molecular formula is C10H13ClMg. The van der Waals surface area contributed by atoms with Gasteiger partial charge in [0.2, 0.25) is 0 Å². The SMILES string of the molecule is [CH2-]c1cc(C)c(C)c(C)c1.[Cl-].[Mg+2]. The zero-order valence-corrected chi connectivity index (χ0v) is 10.1. The Bertz CT molecular complexity index is 233. The molecule has 0 atom stereocenters. The van der Waals surface area contributed by atoms with Crippen LogP contribution < -0.4 is 12.4 Å². The Labute approximate surface area is 97.3 Å². The Kier molecular flexibility index (Phi) is 7.00. The van der Waals surface area contributed by atoms with E-state index in [1.807, 2.05) is 0 Å². The van der Waals surface area contributed by atoms with Gasteiger partial charge in [0.05, 0.1) is 0 Å². The third-order valence-electron chi connectivity index (χ3n) is 1.99. The van der Waals surface area contributed by atoms with Crippen LogP contribution in [0.25, 0.3) is 0 Å². The van der Waals surface area contributed by atoms with Gasteiger partial charge in [0.15, 0.2) is 0 Å². The van der Waals surface area contributed by atoms with Gasteiger partial charge in [0.1, 0.15) is 0 Å². The molecule has 0 spiro atoms. The molecule has 0 aliphatic carbocycles. The van der Waals surface area contributed by atoms with E-state index in [0.717, 1.165) is 5.56 Å².